The zero-order chi connectivity index (χ0) is 15.0. The average Bonchev–Trinajstić information content (AvgIpc) is 2.85. The van der Waals surface area contributed by atoms with E-state index in [1.54, 1.807) is 0 Å². The Balaban J connectivity index is 1.74. The van der Waals surface area contributed by atoms with Crippen LogP contribution in [0.15, 0.2) is 27.6 Å². The Morgan fingerprint density at radius 2 is 2.10 bits per heavy atom. The number of nitrogens with zero attached hydrogens (tertiary/aromatic N) is 1. The van der Waals surface area contributed by atoms with E-state index in [0.717, 1.165) is 32.4 Å². The van der Waals surface area contributed by atoms with Crippen molar-refractivity contribution in [3.05, 3.63) is 28.5 Å². The fourth-order valence-electron chi connectivity index (χ4n) is 3.31. The zero-order valence-corrected chi connectivity index (χ0v) is 14.0. The lowest BCUT2D eigenvalue weighted by molar-refractivity contribution is 0.176. The molecule has 21 heavy (non-hydrogen) atoms. The summed E-state index contributed by atoms with van der Waals surface area (Å²) in [6.07, 6.45) is 3.92. The Morgan fingerprint density at radius 1 is 1.29 bits per heavy atom. The Bertz CT molecular complexity index is 638. The van der Waals surface area contributed by atoms with E-state index < -0.39 is 15.8 Å². The first-order chi connectivity index (χ1) is 9.95. The first-order valence-electron chi connectivity index (χ1n) is 7.17. The lowest BCUT2D eigenvalue weighted by Crippen LogP contribution is -2.47. The number of hydrogen-bond acceptors (Lipinski definition) is 3. The van der Waals surface area contributed by atoms with Gasteiger partial charge >= 0.3 is 0 Å². The van der Waals surface area contributed by atoms with Gasteiger partial charge in [-0.25, -0.2) is 17.5 Å². The van der Waals surface area contributed by atoms with Gasteiger partial charge in [-0.05, 0) is 57.0 Å². The topological polar surface area (TPSA) is 49.4 Å². The normalized spacial score (nSPS) is 26.8. The minimum atomic E-state index is -3.80. The van der Waals surface area contributed by atoms with Crippen LogP contribution < -0.4 is 4.72 Å². The van der Waals surface area contributed by atoms with Crippen molar-refractivity contribution in [3.63, 3.8) is 0 Å². The van der Waals surface area contributed by atoms with E-state index in [4.69, 9.17) is 0 Å². The number of benzene rings is 1. The summed E-state index contributed by atoms with van der Waals surface area (Å²) in [6.45, 7) is 2.03. The summed E-state index contributed by atoms with van der Waals surface area (Å²) in [4.78, 5) is 2.14. The summed E-state index contributed by atoms with van der Waals surface area (Å²) >= 11 is 3.13. The molecule has 0 bridgehead atoms. The summed E-state index contributed by atoms with van der Waals surface area (Å²) < 4.78 is 41.7. The highest BCUT2D eigenvalue weighted by atomic mass is 79.9. The fraction of sp³-hybridized carbons (Fsp3) is 0.571. The molecule has 2 aliphatic heterocycles. The van der Waals surface area contributed by atoms with Gasteiger partial charge in [0.1, 0.15) is 10.7 Å². The van der Waals surface area contributed by atoms with E-state index >= 15 is 0 Å². The zero-order valence-electron chi connectivity index (χ0n) is 11.6. The second-order valence-electron chi connectivity index (χ2n) is 5.75. The quantitative estimate of drug-likeness (QED) is 0.881. The predicted octanol–water partition coefficient (Wildman–Crippen LogP) is 2.49. The average molecular weight is 377 g/mol. The molecule has 2 heterocycles. The number of sulfonamides is 1. The van der Waals surface area contributed by atoms with Gasteiger partial charge in [0.2, 0.25) is 10.0 Å². The molecule has 2 aliphatic rings. The maximum atomic E-state index is 13.9. The van der Waals surface area contributed by atoms with Gasteiger partial charge in [0, 0.05) is 16.6 Å². The number of fused-ring (bicyclic) bond motifs is 1. The van der Waals surface area contributed by atoms with Gasteiger partial charge < -0.3 is 4.90 Å². The predicted molar refractivity (Wildman–Crippen MR) is 82.0 cm³/mol. The monoisotopic (exact) mass is 376 g/mol. The minimum Gasteiger partial charge on any atom is -0.300 e. The van der Waals surface area contributed by atoms with Crippen LogP contribution >= 0.6 is 15.9 Å². The Kier molecular flexibility index (Phi) is 4.36. The van der Waals surface area contributed by atoms with E-state index in [2.05, 4.69) is 25.6 Å². The maximum absolute atomic E-state index is 13.9. The number of nitrogens with one attached hydrogen (secondary N) is 1. The lowest BCUT2D eigenvalue weighted by Gasteiger charge is -2.34. The first kappa shape index (κ1) is 15.4. The van der Waals surface area contributed by atoms with E-state index in [0.29, 0.717) is 10.5 Å². The summed E-state index contributed by atoms with van der Waals surface area (Å²) in [5.74, 6) is -0.727. The molecule has 1 aromatic rings. The molecule has 0 spiro atoms. The van der Waals surface area contributed by atoms with E-state index in [9.17, 15) is 12.8 Å². The summed E-state index contributed by atoms with van der Waals surface area (Å²) in [6, 6.07) is 4.39. The Hall–Kier alpha value is -0.500. The van der Waals surface area contributed by atoms with Crippen molar-refractivity contribution in [3.8, 4) is 0 Å². The highest BCUT2D eigenvalue weighted by molar-refractivity contribution is 9.10. The van der Waals surface area contributed by atoms with Crippen LogP contribution in [0.2, 0.25) is 0 Å². The summed E-state index contributed by atoms with van der Waals surface area (Å²) in [7, 11) is -3.80. The van der Waals surface area contributed by atoms with Gasteiger partial charge in [-0.1, -0.05) is 15.9 Å². The molecule has 1 aromatic carbocycles. The molecule has 3 rings (SSSR count). The number of hydrogen-bond donors (Lipinski definition) is 1. The first-order valence-corrected chi connectivity index (χ1v) is 9.45. The van der Waals surface area contributed by atoms with Crippen LogP contribution in [0.3, 0.4) is 0 Å². The van der Waals surface area contributed by atoms with Crippen LogP contribution in [-0.2, 0) is 10.0 Å². The van der Waals surface area contributed by atoms with Crippen molar-refractivity contribution in [1.29, 1.82) is 0 Å². The summed E-state index contributed by atoms with van der Waals surface area (Å²) in [5, 5.41) is 0. The van der Waals surface area contributed by atoms with Gasteiger partial charge in [0.15, 0.2) is 0 Å². The molecule has 2 unspecified atom stereocenters. The SMILES string of the molecule is O=S(=O)(NC1CCN2CCCC2C1)c1ccc(Br)cc1F. The smallest absolute Gasteiger partial charge is 0.243 e. The molecule has 2 saturated heterocycles. The molecule has 0 aromatic heterocycles. The van der Waals surface area contributed by atoms with Gasteiger partial charge in [0.25, 0.3) is 0 Å². The highest BCUT2D eigenvalue weighted by Crippen LogP contribution is 2.28. The second-order valence-corrected chi connectivity index (χ2v) is 8.35. The summed E-state index contributed by atoms with van der Waals surface area (Å²) in [5.41, 5.74) is 0. The molecule has 0 saturated carbocycles. The number of halogens is 2. The molecule has 2 atom stereocenters. The van der Waals surface area contributed by atoms with E-state index in [-0.39, 0.29) is 10.9 Å². The van der Waals surface area contributed by atoms with Crippen LogP contribution in [0.25, 0.3) is 0 Å². The van der Waals surface area contributed by atoms with Gasteiger partial charge in [-0.3, -0.25) is 0 Å². The van der Waals surface area contributed by atoms with Crippen molar-refractivity contribution in [1.82, 2.24) is 9.62 Å². The molecule has 7 heteroatoms. The van der Waals surface area contributed by atoms with Gasteiger partial charge in [0.05, 0.1) is 0 Å². The standard InChI is InChI=1S/C14H18BrFN2O2S/c15-10-3-4-14(13(16)8-10)21(19,20)17-11-5-7-18-6-1-2-12(18)9-11/h3-4,8,11-12,17H,1-2,5-7,9H2. The van der Waals surface area contributed by atoms with Gasteiger partial charge in [-0.15, -0.1) is 0 Å². The molecule has 0 radical (unpaired) electrons. The molecular formula is C14H18BrFN2O2S. The largest absolute Gasteiger partial charge is 0.300 e. The maximum Gasteiger partial charge on any atom is 0.243 e. The third-order valence-electron chi connectivity index (χ3n) is 4.33. The third kappa shape index (κ3) is 3.31. The molecule has 1 N–H and O–H groups in total. The number of rotatable bonds is 3. The van der Waals surface area contributed by atoms with Crippen molar-refractivity contribution in [2.45, 2.75) is 42.7 Å². The molecular weight excluding hydrogens is 359 g/mol. The highest BCUT2D eigenvalue weighted by Gasteiger charge is 2.34. The molecule has 4 nitrogen and oxygen atoms in total. The van der Waals surface area contributed by atoms with Crippen LogP contribution in [0.5, 0.6) is 0 Å². The van der Waals surface area contributed by atoms with Crippen molar-refractivity contribution >= 4 is 26.0 Å². The van der Waals surface area contributed by atoms with Crippen LogP contribution in [0, 0.1) is 5.82 Å². The van der Waals surface area contributed by atoms with Crippen molar-refractivity contribution in [2.75, 3.05) is 13.1 Å². The fourth-order valence-corrected chi connectivity index (χ4v) is 4.98. The van der Waals surface area contributed by atoms with E-state index in [1.807, 2.05) is 0 Å². The van der Waals surface area contributed by atoms with Crippen molar-refractivity contribution < 1.29 is 12.8 Å². The molecule has 0 aliphatic carbocycles. The number of piperidine rings is 1. The third-order valence-corrected chi connectivity index (χ3v) is 6.37. The molecule has 0 amide bonds. The van der Waals surface area contributed by atoms with Crippen LogP contribution in [0.4, 0.5) is 4.39 Å². The lowest BCUT2D eigenvalue weighted by atomic mass is 9.99. The van der Waals surface area contributed by atoms with Crippen molar-refractivity contribution in [2.24, 2.45) is 0 Å². The minimum absolute atomic E-state index is 0.0996. The molecule has 2 fully saturated rings. The van der Waals surface area contributed by atoms with Gasteiger partial charge in [-0.2, -0.15) is 0 Å². The van der Waals surface area contributed by atoms with Crippen LogP contribution in [0.1, 0.15) is 25.7 Å². The van der Waals surface area contributed by atoms with Crippen LogP contribution in [-0.4, -0.2) is 38.5 Å². The molecule has 116 valence electrons. The second kappa shape index (κ2) is 5.95. The van der Waals surface area contributed by atoms with E-state index in [1.165, 1.54) is 24.6 Å². The Morgan fingerprint density at radius 3 is 2.86 bits per heavy atom. The Labute approximate surface area is 132 Å².